The molecule has 0 unspecified atom stereocenters. The first kappa shape index (κ1) is 15.7. The van der Waals surface area contributed by atoms with Crippen LogP contribution in [0.2, 0.25) is 36.3 Å². The van der Waals surface area contributed by atoms with Gasteiger partial charge in [-0.25, -0.2) is 0 Å². The molecule has 0 bridgehead atoms. The lowest BCUT2D eigenvalue weighted by Gasteiger charge is -2.00. The smallest absolute Gasteiger partial charge is 0.0197 e. The lowest BCUT2D eigenvalue weighted by molar-refractivity contribution is 0.845. The molecule has 0 N–H and O–H groups in total. The summed E-state index contributed by atoms with van der Waals surface area (Å²) >= 11 is 0. The van der Waals surface area contributed by atoms with Crippen molar-refractivity contribution in [1.82, 2.24) is 0 Å². The highest BCUT2D eigenvalue weighted by atomic mass is 28.2. The van der Waals surface area contributed by atoms with Crippen LogP contribution in [0.5, 0.6) is 0 Å². The molecule has 0 atom stereocenters. The van der Waals surface area contributed by atoms with Crippen LogP contribution in [0.15, 0.2) is 0 Å². The lowest BCUT2D eigenvalue weighted by atomic mass is 10.4. The van der Waals surface area contributed by atoms with E-state index in [4.69, 9.17) is 0 Å². The second-order valence-electron chi connectivity index (χ2n) is 4.89. The van der Waals surface area contributed by atoms with E-state index in [9.17, 15) is 0 Å². The van der Waals surface area contributed by atoms with Gasteiger partial charge in [0.1, 0.15) is 0 Å². The van der Waals surface area contributed by atoms with E-state index in [0.717, 1.165) is 0 Å². The second kappa shape index (κ2) is 14.7. The minimum Gasteiger partial charge on any atom is -0.0683 e. The topological polar surface area (TPSA) is 0 Å². The van der Waals surface area contributed by atoms with E-state index in [1.54, 1.807) is 49.9 Å². The second-order valence-corrected chi connectivity index (χ2v) is 11.8. The Bertz CT molecular complexity index is 95.0. The zero-order chi connectivity index (χ0) is 11.2. The van der Waals surface area contributed by atoms with E-state index in [1.165, 1.54) is 12.1 Å². The van der Waals surface area contributed by atoms with Crippen LogP contribution in [0, 0.1) is 0 Å². The molecule has 0 radical (unpaired) electrons. The average molecular weight is 261 g/mol. The Morgan fingerprint density at radius 3 is 1.20 bits per heavy atom. The molecule has 0 saturated heterocycles. The molecule has 0 heterocycles. The predicted octanol–water partition coefficient (Wildman–Crippen LogP) is 2.60. The third kappa shape index (κ3) is 14.7. The minimum absolute atomic E-state index is 0.374. The quantitative estimate of drug-likeness (QED) is 0.374. The van der Waals surface area contributed by atoms with Crippen molar-refractivity contribution in [3.8, 4) is 0 Å². The number of hydrogen-bond donors (Lipinski definition) is 0. The summed E-state index contributed by atoms with van der Waals surface area (Å²) < 4.78 is 0. The van der Waals surface area contributed by atoms with Gasteiger partial charge in [-0.2, -0.15) is 0 Å². The predicted molar refractivity (Wildman–Crippen MR) is 84.3 cm³/mol. The van der Waals surface area contributed by atoms with Crippen LogP contribution in [0.1, 0.15) is 39.5 Å². The maximum Gasteiger partial charge on any atom is 0.0197 e. The fourth-order valence-corrected chi connectivity index (χ4v) is 6.27. The third-order valence-electron chi connectivity index (χ3n) is 3.21. The summed E-state index contributed by atoms with van der Waals surface area (Å²) in [4.78, 5) is 0. The number of rotatable bonds is 12. The van der Waals surface area contributed by atoms with Crippen molar-refractivity contribution in [3.63, 3.8) is 0 Å². The molecule has 0 amide bonds. The van der Waals surface area contributed by atoms with Crippen LogP contribution in [-0.4, -0.2) is 28.6 Å². The van der Waals surface area contributed by atoms with E-state index >= 15 is 0 Å². The van der Waals surface area contributed by atoms with Gasteiger partial charge in [0.05, 0.1) is 0 Å². The molecule has 0 aromatic carbocycles. The summed E-state index contributed by atoms with van der Waals surface area (Å²) in [7, 11) is 1.15. The highest BCUT2D eigenvalue weighted by molar-refractivity contribution is 6.36. The molecule has 0 saturated carbocycles. The molecular weight excluding hydrogens is 228 g/mol. The molecule has 15 heavy (non-hydrogen) atoms. The van der Waals surface area contributed by atoms with Crippen molar-refractivity contribution in [2.45, 2.75) is 75.8 Å². The first-order valence-electron chi connectivity index (χ1n) is 7.41. The maximum atomic E-state index is 2.36. The Labute approximate surface area is 104 Å². The van der Waals surface area contributed by atoms with Crippen molar-refractivity contribution in [3.05, 3.63) is 0 Å². The van der Waals surface area contributed by atoms with Crippen LogP contribution in [0.25, 0.3) is 0 Å². The average Bonchev–Trinajstić information content (AvgIpc) is 2.26. The standard InChI is InChI=1S/C12H32Si3/c1-3-13-9-5-7-11-15-12-8-6-10-14-4-2/h3-15H2,1-2H3. The molecule has 0 aromatic heterocycles. The Morgan fingerprint density at radius 2 is 0.867 bits per heavy atom. The molecule has 3 heteroatoms. The molecule has 0 rings (SSSR count). The zero-order valence-electron chi connectivity index (χ0n) is 11.2. The molecule has 92 valence electrons. The first-order valence-corrected chi connectivity index (χ1v) is 13.4. The lowest BCUT2D eigenvalue weighted by Crippen LogP contribution is -1.92. The Balaban J connectivity index is 2.81. The van der Waals surface area contributed by atoms with E-state index in [0.29, 0.717) is 28.6 Å². The highest BCUT2D eigenvalue weighted by Crippen LogP contribution is 2.06. The van der Waals surface area contributed by atoms with Gasteiger partial charge in [-0.3, -0.25) is 0 Å². The molecule has 0 aliphatic carbocycles. The molecule has 0 aromatic rings. The minimum atomic E-state index is 0.374. The SMILES string of the molecule is CC[SiH2]CCCC[SiH2]CCCC[SiH2]CC. The van der Waals surface area contributed by atoms with E-state index in [-0.39, 0.29) is 0 Å². The van der Waals surface area contributed by atoms with Crippen molar-refractivity contribution in [2.75, 3.05) is 0 Å². The number of hydrogen-bond acceptors (Lipinski definition) is 0. The van der Waals surface area contributed by atoms with Crippen LogP contribution >= 0.6 is 0 Å². The Morgan fingerprint density at radius 1 is 0.533 bits per heavy atom. The normalized spacial score (nSPS) is 13.2. The van der Waals surface area contributed by atoms with Gasteiger partial charge in [-0.05, 0) is 0 Å². The van der Waals surface area contributed by atoms with E-state index in [1.807, 2.05) is 0 Å². The van der Waals surface area contributed by atoms with Crippen LogP contribution in [0.4, 0.5) is 0 Å². The largest absolute Gasteiger partial charge is 0.0683 e. The molecule has 0 fully saturated rings. The van der Waals surface area contributed by atoms with Gasteiger partial charge < -0.3 is 0 Å². The van der Waals surface area contributed by atoms with Gasteiger partial charge in [0.25, 0.3) is 0 Å². The van der Waals surface area contributed by atoms with Crippen molar-refractivity contribution < 1.29 is 0 Å². The summed E-state index contributed by atoms with van der Waals surface area (Å²) in [5.74, 6) is 0. The van der Waals surface area contributed by atoms with Gasteiger partial charge in [0.2, 0.25) is 0 Å². The third-order valence-corrected chi connectivity index (χ3v) is 8.62. The highest BCUT2D eigenvalue weighted by Gasteiger charge is 1.93. The summed E-state index contributed by atoms with van der Waals surface area (Å²) in [6, 6.07) is 9.63. The summed E-state index contributed by atoms with van der Waals surface area (Å²) in [5, 5.41) is 0. The fourth-order valence-electron chi connectivity index (χ4n) is 2.09. The monoisotopic (exact) mass is 260 g/mol. The van der Waals surface area contributed by atoms with Gasteiger partial charge in [-0.1, -0.05) is 75.8 Å². The molecule has 0 nitrogen and oxygen atoms in total. The molecule has 0 aliphatic heterocycles. The maximum absolute atomic E-state index is 2.36. The molecule has 0 aliphatic rings. The van der Waals surface area contributed by atoms with E-state index in [2.05, 4.69) is 13.8 Å². The summed E-state index contributed by atoms with van der Waals surface area (Å²) in [5.41, 5.74) is 0. The van der Waals surface area contributed by atoms with Crippen LogP contribution in [0.3, 0.4) is 0 Å². The van der Waals surface area contributed by atoms with Gasteiger partial charge in [0.15, 0.2) is 0 Å². The number of unbranched alkanes of at least 4 members (excludes halogenated alkanes) is 2. The Hall–Kier alpha value is 0.651. The molecular formula is C12H32Si3. The van der Waals surface area contributed by atoms with Crippen molar-refractivity contribution in [1.29, 1.82) is 0 Å². The first-order chi connectivity index (χ1) is 7.41. The van der Waals surface area contributed by atoms with Crippen LogP contribution in [-0.2, 0) is 0 Å². The van der Waals surface area contributed by atoms with Gasteiger partial charge >= 0.3 is 0 Å². The van der Waals surface area contributed by atoms with Gasteiger partial charge in [-0.15, -0.1) is 0 Å². The van der Waals surface area contributed by atoms with E-state index < -0.39 is 0 Å². The summed E-state index contributed by atoms with van der Waals surface area (Å²) in [6.07, 6.45) is 6.33. The molecule has 0 spiro atoms. The summed E-state index contributed by atoms with van der Waals surface area (Å²) in [6.45, 7) is 4.72. The van der Waals surface area contributed by atoms with Gasteiger partial charge in [0, 0.05) is 28.6 Å². The Kier molecular flexibility index (Phi) is 15.3. The van der Waals surface area contributed by atoms with Crippen LogP contribution < -0.4 is 0 Å². The fraction of sp³-hybridized carbons (Fsp3) is 1.00. The zero-order valence-corrected chi connectivity index (χ0v) is 15.4. The van der Waals surface area contributed by atoms with Crippen molar-refractivity contribution in [2.24, 2.45) is 0 Å². The van der Waals surface area contributed by atoms with Crippen molar-refractivity contribution >= 4 is 28.6 Å².